The lowest BCUT2D eigenvalue weighted by molar-refractivity contribution is 0.0748. The van der Waals surface area contributed by atoms with Crippen LogP contribution in [0.5, 0.6) is 0 Å². The molecule has 1 fully saturated rings. The third-order valence-corrected chi connectivity index (χ3v) is 4.46. The molecule has 0 atom stereocenters. The summed E-state index contributed by atoms with van der Waals surface area (Å²) in [5.41, 5.74) is 0.779. The van der Waals surface area contributed by atoms with Crippen molar-refractivity contribution in [1.82, 2.24) is 14.9 Å². The molecule has 2 heterocycles. The van der Waals surface area contributed by atoms with Crippen LogP contribution in [0.2, 0.25) is 0 Å². The van der Waals surface area contributed by atoms with Crippen molar-refractivity contribution < 1.29 is 4.79 Å². The summed E-state index contributed by atoms with van der Waals surface area (Å²) in [6, 6.07) is 13.9. The largest absolute Gasteiger partial charge is 0.352 e. The Balaban J connectivity index is 1.52. The molecule has 1 aromatic heterocycles. The van der Waals surface area contributed by atoms with Crippen LogP contribution in [0.4, 0.5) is 5.82 Å². The Morgan fingerprint density at radius 2 is 1.71 bits per heavy atom. The molecule has 1 amide bonds. The minimum atomic E-state index is 0.102. The lowest BCUT2D eigenvalue weighted by Crippen LogP contribution is -2.49. The number of carbonyl (C=O) groups excluding carboxylic acids is 1. The molecule has 4 rings (SSSR count). The van der Waals surface area contributed by atoms with Gasteiger partial charge in [0.05, 0.1) is 6.20 Å². The van der Waals surface area contributed by atoms with Gasteiger partial charge in [-0.15, -0.1) is 0 Å². The van der Waals surface area contributed by atoms with Gasteiger partial charge in [-0.05, 0) is 16.8 Å². The molecule has 2 aromatic carbocycles. The van der Waals surface area contributed by atoms with E-state index < -0.39 is 0 Å². The minimum absolute atomic E-state index is 0.102. The normalized spacial score (nSPS) is 14.8. The van der Waals surface area contributed by atoms with Crippen molar-refractivity contribution in [1.29, 1.82) is 0 Å². The molecule has 0 saturated carbocycles. The molecule has 0 aliphatic carbocycles. The molecule has 120 valence electrons. The summed E-state index contributed by atoms with van der Waals surface area (Å²) in [6.45, 7) is 2.93. The summed E-state index contributed by atoms with van der Waals surface area (Å²) in [7, 11) is 0. The quantitative estimate of drug-likeness (QED) is 0.729. The van der Waals surface area contributed by atoms with Crippen LogP contribution in [0.3, 0.4) is 0 Å². The van der Waals surface area contributed by atoms with E-state index in [4.69, 9.17) is 0 Å². The maximum Gasteiger partial charge on any atom is 0.254 e. The monoisotopic (exact) mass is 318 g/mol. The first-order valence-corrected chi connectivity index (χ1v) is 8.11. The summed E-state index contributed by atoms with van der Waals surface area (Å²) in [4.78, 5) is 25.5. The predicted octanol–water partition coefficient (Wildman–Crippen LogP) is 2.59. The van der Waals surface area contributed by atoms with Crippen molar-refractivity contribution in [2.24, 2.45) is 0 Å². The molecule has 1 saturated heterocycles. The molecule has 24 heavy (non-hydrogen) atoms. The third kappa shape index (κ3) is 2.69. The summed E-state index contributed by atoms with van der Waals surface area (Å²) >= 11 is 0. The number of nitrogens with zero attached hydrogens (tertiary/aromatic N) is 4. The predicted molar refractivity (Wildman–Crippen MR) is 94.1 cm³/mol. The number of hydrogen-bond acceptors (Lipinski definition) is 4. The highest BCUT2D eigenvalue weighted by Crippen LogP contribution is 2.21. The van der Waals surface area contributed by atoms with Crippen LogP contribution in [0.25, 0.3) is 10.8 Å². The van der Waals surface area contributed by atoms with E-state index in [0.29, 0.717) is 13.1 Å². The molecule has 0 bridgehead atoms. The second-order valence-electron chi connectivity index (χ2n) is 5.87. The number of hydrogen-bond donors (Lipinski definition) is 0. The fourth-order valence-electron chi connectivity index (χ4n) is 3.18. The number of piperazine rings is 1. The van der Waals surface area contributed by atoms with E-state index in [1.165, 1.54) is 0 Å². The van der Waals surface area contributed by atoms with Crippen molar-refractivity contribution >= 4 is 22.5 Å². The van der Waals surface area contributed by atoms with Crippen molar-refractivity contribution in [2.45, 2.75) is 0 Å². The van der Waals surface area contributed by atoms with Crippen LogP contribution in [0.15, 0.2) is 61.1 Å². The molecule has 1 aliphatic rings. The summed E-state index contributed by atoms with van der Waals surface area (Å²) in [5.74, 6) is 0.973. The maximum atomic E-state index is 12.9. The van der Waals surface area contributed by atoms with E-state index in [1.807, 2.05) is 47.4 Å². The van der Waals surface area contributed by atoms with Crippen LogP contribution in [0.1, 0.15) is 10.4 Å². The number of rotatable bonds is 2. The van der Waals surface area contributed by atoms with E-state index in [1.54, 1.807) is 18.6 Å². The standard InChI is InChI=1S/C19H18N4O/c24-19(17-7-3-5-15-4-1-2-6-16(15)17)23-12-10-22(11-13-23)18-14-20-8-9-21-18/h1-9,14H,10-13H2. The van der Waals surface area contributed by atoms with E-state index in [-0.39, 0.29) is 5.91 Å². The number of anilines is 1. The Morgan fingerprint density at radius 3 is 2.50 bits per heavy atom. The Bertz CT molecular complexity index is 852. The zero-order valence-electron chi connectivity index (χ0n) is 13.3. The number of amides is 1. The van der Waals surface area contributed by atoms with Crippen molar-refractivity contribution in [3.05, 3.63) is 66.6 Å². The topological polar surface area (TPSA) is 49.3 Å². The summed E-state index contributed by atoms with van der Waals surface area (Å²) in [5, 5.41) is 2.11. The van der Waals surface area contributed by atoms with Gasteiger partial charge < -0.3 is 9.80 Å². The lowest BCUT2D eigenvalue weighted by atomic mass is 10.0. The van der Waals surface area contributed by atoms with E-state index >= 15 is 0 Å². The van der Waals surface area contributed by atoms with Crippen LogP contribution in [-0.2, 0) is 0 Å². The zero-order valence-corrected chi connectivity index (χ0v) is 13.3. The SMILES string of the molecule is O=C(c1cccc2ccccc12)N1CCN(c2cnccn2)CC1. The van der Waals surface area contributed by atoms with Crippen LogP contribution in [0, 0.1) is 0 Å². The van der Waals surface area contributed by atoms with Gasteiger partial charge in [-0.1, -0.05) is 36.4 Å². The molecule has 1 aliphatic heterocycles. The summed E-state index contributed by atoms with van der Waals surface area (Å²) in [6.07, 6.45) is 5.13. The fourth-order valence-corrected chi connectivity index (χ4v) is 3.18. The highest BCUT2D eigenvalue weighted by Gasteiger charge is 2.23. The first-order valence-electron chi connectivity index (χ1n) is 8.11. The molecule has 3 aromatic rings. The minimum Gasteiger partial charge on any atom is -0.352 e. The molecular weight excluding hydrogens is 300 g/mol. The van der Waals surface area contributed by atoms with Gasteiger partial charge in [0.2, 0.25) is 0 Å². The average molecular weight is 318 g/mol. The van der Waals surface area contributed by atoms with Gasteiger partial charge in [-0.3, -0.25) is 9.78 Å². The number of fused-ring (bicyclic) bond motifs is 1. The number of aromatic nitrogens is 2. The highest BCUT2D eigenvalue weighted by atomic mass is 16.2. The molecule has 0 unspecified atom stereocenters. The molecular formula is C19H18N4O. The average Bonchev–Trinajstić information content (AvgIpc) is 2.68. The van der Waals surface area contributed by atoms with Gasteiger partial charge in [0.25, 0.3) is 5.91 Å². The van der Waals surface area contributed by atoms with Gasteiger partial charge in [-0.2, -0.15) is 0 Å². The highest BCUT2D eigenvalue weighted by molar-refractivity contribution is 6.07. The Kier molecular flexibility index (Phi) is 3.83. The van der Waals surface area contributed by atoms with E-state index in [2.05, 4.69) is 14.9 Å². The van der Waals surface area contributed by atoms with Gasteiger partial charge >= 0.3 is 0 Å². The van der Waals surface area contributed by atoms with Crippen LogP contribution >= 0.6 is 0 Å². The fraction of sp³-hybridized carbons (Fsp3) is 0.211. The molecule has 5 heteroatoms. The molecule has 0 radical (unpaired) electrons. The Hall–Kier alpha value is -2.95. The summed E-state index contributed by atoms with van der Waals surface area (Å²) < 4.78 is 0. The van der Waals surface area contributed by atoms with Crippen LogP contribution in [-0.4, -0.2) is 47.0 Å². The molecule has 5 nitrogen and oxygen atoms in total. The maximum absolute atomic E-state index is 12.9. The van der Waals surface area contributed by atoms with Crippen molar-refractivity contribution in [2.75, 3.05) is 31.1 Å². The number of carbonyl (C=O) groups is 1. The zero-order chi connectivity index (χ0) is 16.4. The molecule has 0 N–H and O–H groups in total. The van der Waals surface area contributed by atoms with Crippen molar-refractivity contribution in [3.63, 3.8) is 0 Å². The second-order valence-corrected chi connectivity index (χ2v) is 5.87. The van der Waals surface area contributed by atoms with Gasteiger partial charge in [-0.25, -0.2) is 4.98 Å². The van der Waals surface area contributed by atoms with E-state index in [0.717, 1.165) is 35.2 Å². The second kappa shape index (κ2) is 6.28. The third-order valence-electron chi connectivity index (χ3n) is 4.46. The smallest absolute Gasteiger partial charge is 0.254 e. The molecule has 0 spiro atoms. The lowest BCUT2D eigenvalue weighted by Gasteiger charge is -2.35. The number of benzene rings is 2. The van der Waals surface area contributed by atoms with Gasteiger partial charge in [0.15, 0.2) is 0 Å². The van der Waals surface area contributed by atoms with Gasteiger partial charge in [0.1, 0.15) is 5.82 Å². The van der Waals surface area contributed by atoms with E-state index in [9.17, 15) is 4.79 Å². The Morgan fingerprint density at radius 1 is 0.917 bits per heavy atom. The van der Waals surface area contributed by atoms with Gasteiger partial charge in [0, 0.05) is 44.1 Å². The first kappa shape index (κ1) is 14.6. The van der Waals surface area contributed by atoms with Crippen molar-refractivity contribution in [3.8, 4) is 0 Å². The Labute approximate surface area is 140 Å². The first-order chi connectivity index (χ1) is 11.8. The van der Waals surface area contributed by atoms with Crippen LogP contribution < -0.4 is 4.90 Å².